The minimum atomic E-state index is -0.385. The molecule has 0 atom stereocenters. The number of benzene rings is 2. The first-order chi connectivity index (χ1) is 10.5. The molecule has 0 aliphatic rings. The zero-order valence-corrected chi connectivity index (χ0v) is 13.3. The Bertz CT molecular complexity index is 888. The summed E-state index contributed by atoms with van der Waals surface area (Å²) in [7, 11) is 0. The molecule has 0 aliphatic heterocycles. The molecular weight excluding hydrogens is 323 g/mol. The lowest BCUT2D eigenvalue weighted by molar-refractivity contribution is 0.559. The predicted molar refractivity (Wildman–Crippen MR) is 88.2 cm³/mol. The number of hydrogen-bond donors (Lipinski definition) is 0. The number of fused-ring (bicyclic) bond motifs is 1. The molecule has 0 saturated heterocycles. The van der Waals surface area contributed by atoms with Crippen LogP contribution in [0.4, 0.5) is 4.39 Å². The van der Waals surface area contributed by atoms with Crippen LogP contribution in [0, 0.1) is 12.7 Å². The molecule has 0 radical (unpaired) electrons. The highest BCUT2D eigenvalue weighted by molar-refractivity contribution is 7.98. The molecule has 3 aromatic rings. The smallest absolute Gasteiger partial charge is 0.336 e. The molecule has 1 heterocycles. The van der Waals surface area contributed by atoms with Crippen LogP contribution in [-0.2, 0) is 5.75 Å². The third-order valence-corrected chi connectivity index (χ3v) is 4.79. The van der Waals surface area contributed by atoms with E-state index in [-0.39, 0.29) is 11.4 Å². The molecule has 22 heavy (non-hydrogen) atoms. The van der Waals surface area contributed by atoms with Gasteiger partial charge in [-0.15, -0.1) is 11.8 Å². The van der Waals surface area contributed by atoms with E-state index < -0.39 is 0 Å². The van der Waals surface area contributed by atoms with Crippen LogP contribution in [0.25, 0.3) is 11.0 Å². The van der Waals surface area contributed by atoms with E-state index in [0.29, 0.717) is 16.4 Å². The van der Waals surface area contributed by atoms with Gasteiger partial charge in [0.25, 0.3) is 0 Å². The highest BCUT2D eigenvalue weighted by Crippen LogP contribution is 2.29. The monoisotopic (exact) mass is 334 g/mol. The average molecular weight is 335 g/mol. The van der Waals surface area contributed by atoms with Gasteiger partial charge >= 0.3 is 5.63 Å². The minimum Gasteiger partial charge on any atom is -0.423 e. The molecule has 0 spiro atoms. The zero-order valence-electron chi connectivity index (χ0n) is 11.7. The number of halogens is 2. The second-order valence-corrected chi connectivity index (χ2v) is 6.39. The van der Waals surface area contributed by atoms with Gasteiger partial charge in [-0.05, 0) is 54.4 Å². The number of rotatable bonds is 3. The van der Waals surface area contributed by atoms with E-state index in [1.54, 1.807) is 18.2 Å². The van der Waals surface area contributed by atoms with Crippen LogP contribution >= 0.6 is 23.4 Å². The molecule has 2 aromatic carbocycles. The lowest BCUT2D eigenvalue weighted by Crippen LogP contribution is -2.00. The van der Waals surface area contributed by atoms with Crippen LogP contribution in [0.15, 0.2) is 56.6 Å². The Hall–Kier alpha value is -1.78. The molecule has 0 aliphatic carbocycles. The highest BCUT2D eigenvalue weighted by Gasteiger charge is 2.09. The summed E-state index contributed by atoms with van der Waals surface area (Å²) in [5.74, 6) is 0.310. The van der Waals surface area contributed by atoms with Gasteiger partial charge in [0.1, 0.15) is 11.4 Å². The Morgan fingerprint density at radius 3 is 2.64 bits per heavy atom. The van der Waals surface area contributed by atoms with Crippen molar-refractivity contribution in [1.82, 2.24) is 0 Å². The number of thioether (sulfide) groups is 1. The molecule has 1 aromatic heterocycles. The van der Waals surface area contributed by atoms with E-state index >= 15 is 0 Å². The van der Waals surface area contributed by atoms with E-state index in [0.717, 1.165) is 21.4 Å². The first-order valence-electron chi connectivity index (χ1n) is 6.64. The van der Waals surface area contributed by atoms with Crippen molar-refractivity contribution in [2.24, 2.45) is 0 Å². The lowest BCUT2D eigenvalue weighted by Gasteiger charge is -2.07. The molecule has 0 bridgehead atoms. The summed E-state index contributed by atoms with van der Waals surface area (Å²) in [6.07, 6.45) is 0. The Kier molecular flexibility index (Phi) is 4.23. The van der Waals surface area contributed by atoms with Gasteiger partial charge in [0.2, 0.25) is 0 Å². The average Bonchev–Trinajstić information content (AvgIpc) is 2.48. The maximum absolute atomic E-state index is 12.9. The van der Waals surface area contributed by atoms with Crippen LogP contribution < -0.4 is 5.63 Å². The van der Waals surface area contributed by atoms with Crippen molar-refractivity contribution in [2.45, 2.75) is 17.6 Å². The number of aryl methyl sites for hydroxylation is 1. The summed E-state index contributed by atoms with van der Waals surface area (Å²) >= 11 is 7.69. The van der Waals surface area contributed by atoms with Gasteiger partial charge in [0.15, 0.2) is 0 Å². The molecule has 2 nitrogen and oxygen atoms in total. The van der Waals surface area contributed by atoms with Gasteiger partial charge in [-0.1, -0.05) is 11.6 Å². The van der Waals surface area contributed by atoms with Crippen molar-refractivity contribution in [1.29, 1.82) is 0 Å². The molecule has 0 saturated carbocycles. The Labute approximate surface area is 135 Å². The maximum atomic E-state index is 12.9. The molecule has 3 rings (SSSR count). The van der Waals surface area contributed by atoms with Gasteiger partial charge in [-0.2, -0.15) is 0 Å². The van der Waals surface area contributed by atoms with Gasteiger partial charge in [-0.3, -0.25) is 0 Å². The standard InChI is InChI=1S/C17H12ClFO2S/c1-10-6-16-14(8-15(10)18)11(7-17(20)21-16)9-22-13-4-2-12(19)3-5-13/h2-8H,9H2,1H3. The van der Waals surface area contributed by atoms with Crippen LogP contribution in [0.2, 0.25) is 5.02 Å². The molecule has 0 unspecified atom stereocenters. The van der Waals surface area contributed by atoms with E-state index in [1.807, 2.05) is 13.0 Å². The zero-order chi connectivity index (χ0) is 15.7. The fourth-order valence-electron chi connectivity index (χ4n) is 2.16. The van der Waals surface area contributed by atoms with Crippen molar-refractivity contribution in [3.05, 3.63) is 74.9 Å². The Morgan fingerprint density at radius 2 is 1.91 bits per heavy atom. The van der Waals surface area contributed by atoms with E-state index in [4.69, 9.17) is 16.0 Å². The highest BCUT2D eigenvalue weighted by atomic mass is 35.5. The summed E-state index contributed by atoms with van der Waals surface area (Å²) in [5, 5.41) is 1.46. The fourth-order valence-corrected chi connectivity index (χ4v) is 3.21. The minimum absolute atomic E-state index is 0.266. The first kappa shape index (κ1) is 15.1. The van der Waals surface area contributed by atoms with Crippen LogP contribution in [-0.4, -0.2) is 0 Å². The van der Waals surface area contributed by atoms with Crippen LogP contribution in [0.1, 0.15) is 11.1 Å². The molecular formula is C17H12ClFO2S. The van der Waals surface area contributed by atoms with Gasteiger partial charge < -0.3 is 4.42 Å². The normalized spacial score (nSPS) is 11.0. The van der Waals surface area contributed by atoms with Crippen molar-refractivity contribution in [3.63, 3.8) is 0 Å². The SMILES string of the molecule is Cc1cc2oc(=O)cc(CSc3ccc(F)cc3)c2cc1Cl. The van der Waals surface area contributed by atoms with Crippen LogP contribution in [0.3, 0.4) is 0 Å². The largest absolute Gasteiger partial charge is 0.423 e. The third kappa shape index (κ3) is 3.18. The molecule has 112 valence electrons. The van der Waals surface area contributed by atoms with Crippen molar-refractivity contribution in [3.8, 4) is 0 Å². The first-order valence-corrected chi connectivity index (χ1v) is 8.00. The van der Waals surface area contributed by atoms with Crippen molar-refractivity contribution in [2.75, 3.05) is 0 Å². The molecule has 0 fully saturated rings. The van der Waals surface area contributed by atoms with Crippen LogP contribution in [0.5, 0.6) is 0 Å². The molecule has 0 N–H and O–H groups in total. The van der Waals surface area contributed by atoms with Gasteiger partial charge in [0.05, 0.1) is 0 Å². The van der Waals surface area contributed by atoms with E-state index in [2.05, 4.69) is 0 Å². The quantitative estimate of drug-likeness (QED) is 0.488. The molecule has 0 amide bonds. The topological polar surface area (TPSA) is 30.2 Å². The van der Waals surface area contributed by atoms with Crippen molar-refractivity contribution < 1.29 is 8.81 Å². The van der Waals surface area contributed by atoms with Crippen molar-refractivity contribution >= 4 is 34.3 Å². The summed E-state index contributed by atoms with van der Waals surface area (Å²) in [6.45, 7) is 1.86. The summed E-state index contributed by atoms with van der Waals surface area (Å²) in [5.41, 5.74) is 1.86. The summed E-state index contributed by atoms with van der Waals surface area (Å²) < 4.78 is 18.1. The Morgan fingerprint density at radius 1 is 1.18 bits per heavy atom. The van der Waals surface area contributed by atoms with E-state index in [9.17, 15) is 9.18 Å². The maximum Gasteiger partial charge on any atom is 0.336 e. The Balaban J connectivity index is 1.97. The lowest BCUT2D eigenvalue weighted by atomic mass is 10.1. The van der Waals surface area contributed by atoms with Gasteiger partial charge in [0, 0.05) is 27.1 Å². The second-order valence-electron chi connectivity index (χ2n) is 4.93. The summed E-state index contributed by atoms with van der Waals surface area (Å²) in [4.78, 5) is 12.6. The molecule has 5 heteroatoms. The third-order valence-electron chi connectivity index (χ3n) is 3.32. The van der Waals surface area contributed by atoms with Gasteiger partial charge in [-0.25, -0.2) is 9.18 Å². The van der Waals surface area contributed by atoms with E-state index in [1.165, 1.54) is 30.0 Å². The second kappa shape index (κ2) is 6.15. The summed E-state index contributed by atoms with van der Waals surface area (Å²) in [6, 6.07) is 11.3. The fraction of sp³-hybridized carbons (Fsp3) is 0.118. The predicted octanol–water partition coefficient (Wildman–Crippen LogP) is 5.19. The number of hydrogen-bond acceptors (Lipinski definition) is 3.